The van der Waals surface area contributed by atoms with Crippen LogP contribution in [0.2, 0.25) is 5.02 Å². The van der Waals surface area contributed by atoms with Gasteiger partial charge in [-0.3, -0.25) is 18.8 Å². The Hall–Kier alpha value is -2.88. The molecule has 14 heteroatoms. The first-order chi connectivity index (χ1) is 17.9. The van der Waals surface area contributed by atoms with E-state index < -0.39 is 42.0 Å². The van der Waals surface area contributed by atoms with Crippen molar-refractivity contribution in [3.05, 3.63) is 93.1 Å². The number of halogens is 1. The van der Waals surface area contributed by atoms with Gasteiger partial charge in [0.05, 0.1) is 0 Å². The van der Waals surface area contributed by atoms with Crippen LogP contribution in [0.25, 0.3) is 10.8 Å². The fraction of sp³-hybridized carbons (Fsp3) is 0.160. The van der Waals surface area contributed by atoms with Crippen LogP contribution in [-0.2, 0) is 38.0 Å². The van der Waals surface area contributed by atoms with Crippen LogP contribution >= 0.6 is 22.9 Å². The van der Waals surface area contributed by atoms with E-state index in [2.05, 4.69) is 11.4 Å². The smallest absolute Gasteiger partial charge is 0.325 e. The van der Waals surface area contributed by atoms with Gasteiger partial charge in [0.1, 0.15) is 15.8 Å². The molecule has 3 aromatic carbocycles. The lowest BCUT2D eigenvalue weighted by Crippen LogP contribution is -2.37. The van der Waals surface area contributed by atoms with Gasteiger partial charge in [-0.15, -0.1) is 11.3 Å². The molecule has 0 fully saturated rings. The topological polar surface area (TPSA) is 181 Å². The van der Waals surface area contributed by atoms with E-state index in [1.165, 1.54) is 28.6 Å². The summed E-state index contributed by atoms with van der Waals surface area (Å²) in [6.45, 7) is 1.41. The Morgan fingerprint density at radius 2 is 1.59 bits per heavy atom. The average Bonchev–Trinajstić information content (AvgIpc) is 3.32. The van der Waals surface area contributed by atoms with E-state index in [4.69, 9.17) is 20.7 Å². The van der Waals surface area contributed by atoms with Crippen LogP contribution < -0.4 is 0 Å². The lowest BCUT2D eigenvalue weighted by molar-refractivity contribution is -0.144. The zero-order valence-corrected chi connectivity index (χ0v) is 23.3. The second-order valence-corrected chi connectivity index (χ2v) is 12.6. The quantitative estimate of drug-likeness (QED) is 0.279. The van der Waals surface area contributed by atoms with E-state index in [0.717, 1.165) is 19.0 Å². The largest absolute Gasteiger partial charge is 0.480 e. The van der Waals surface area contributed by atoms with Gasteiger partial charge in [0.25, 0.3) is 20.2 Å². The molecule has 1 aliphatic heterocycles. The monoisotopic (exact) mass is 613 g/mol. The maximum absolute atomic E-state index is 11.7. The number of benzene rings is 3. The van der Waals surface area contributed by atoms with Gasteiger partial charge >= 0.3 is 5.97 Å². The number of thiophene rings is 1. The van der Waals surface area contributed by atoms with Crippen LogP contribution in [0.15, 0.2) is 81.9 Å². The third-order valence-corrected chi connectivity index (χ3v) is 9.36. The Labute approximate surface area is 233 Å². The van der Waals surface area contributed by atoms with Crippen LogP contribution in [0.5, 0.6) is 0 Å². The Kier molecular flexibility index (Phi) is 9.51. The summed E-state index contributed by atoms with van der Waals surface area (Å²) < 4.78 is 63.0. The standard InChI is InChI=1S/C15H14ClNO2S.C10H8O6S2.H2O/c16-12-4-2-1-3-11(12)14(15(18)19)17-7-5-13-10(9-17)6-8-20-13;11-17(12,13)9-6-5-7-3-1-2-4-8(7)10(9)18(14,15)16;/h1-4,6,8,14H,5,7,9H2,(H,18,19);1-6H,(H,11,12,13)(H,14,15,16);1H2/t14-;;/m0../s1. The number of carbonyl (C=O) groups is 1. The Morgan fingerprint density at radius 1 is 0.923 bits per heavy atom. The summed E-state index contributed by atoms with van der Waals surface area (Å²) in [5.74, 6) is -0.850. The van der Waals surface area contributed by atoms with Gasteiger partial charge in [-0.25, -0.2) is 0 Å². The molecule has 1 atom stereocenters. The van der Waals surface area contributed by atoms with E-state index in [1.807, 2.05) is 17.0 Å². The van der Waals surface area contributed by atoms with Crippen molar-refractivity contribution in [3.8, 4) is 0 Å². The number of aliphatic carboxylic acids is 1. The molecule has 0 bridgehead atoms. The van der Waals surface area contributed by atoms with Gasteiger partial charge in [0, 0.05) is 28.4 Å². The summed E-state index contributed by atoms with van der Waals surface area (Å²) in [6.07, 6.45) is 0.904. The number of carboxylic acid groups (broad SMARTS) is 1. The number of nitrogens with zero attached hydrogens (tertiary/aromatic N) is 1. The fourth-order valence-corrected chi connectivity index (χ4v) is 7.50. The summed E-state index contributed by atoms with van der Waals surface area (Å²) in [4.78, 5) is 13.4. The molecular formula is C25H24ClNO9S3. The SMILES string of the molecule is O.O=C(O)[C@H](c1ccccc1Cl)N1CCc2sccc2C1.O=S(=O)(O)c1ccc2ccccc2c1S(=O)(=O)O. The summed E-state index contributed by atoms with van der Waals surface area (Å²) in [5, 5.41) is 12.6. The van der Waals surface area contributed by atoms with Crippen LogP contribution in [0, 0.1) is 0 Å². The van der Waals surface area contributed by atoms with Gasteiger partial charge in [-0.05, 0) is 46.5 Å². The van der Waals surface area contributed by atoms with Crippen molar-refractivity contribution in [2.24, 2.45) is 0 Å². The maximum Gasteiger partial charge on any atom is 0.325 e. The lowest BCUT2D eigenvalue weighted by atomic mass is 10.0. The Balaban J connectivity index is 0.000000211. The third kappa shape index (κ3) is 6.83. The number of rotatable bonds is 5. The minimum absolute atomic E-state index is 0. The van der Waals surface area contributed by atoms with Gasteiger partial charge in [-0.2, -0.15) is 16.8 Å². The Morgan fingerprint density at radius 3 is 2.23 bits per heavy atom. The van der Waals surface area contributed by atoms with E-state index >= 15 is 0 Å². The molecule has 208 valence electrons. The molecule has 0 amide bonds. The molecular weight excluding hydrogens is 590 g/mol. The predicted molar refractivity (Wildman–Crippen MR) is 147 cm³/mol. The van der Waals surface area contributed by atoms with Crippen molar-refractivity contribution in [3.63, 3.8) is 0 Å². The highest BCUT2D eigenvalue weighted by molar-refractivity contribution is 7.89. The second-order valence-electron chi connectivity index (χ2n) is 8.42. The zero-order chi connectivity index (χ0) is 27.7. The molecule has 10 nitrogen and oxygen atoms in total. The first-order valence-electron chi connectivity index (χ1n) is 11.1. The number of hydrogen-bond acceptors (Lipinski definition) is 7. The van der Waals surface area contributed by atoms with Crippen molar-refractivity contribution < 1.29 is 41.3 Å². The molecule has 39 heavy (non-hydrogen) atoms. The van der Waals surface area contributed by atoms with Crippen molar-refractivity contribution in [1.82, 2.24) is 4.90 Å². The van der Waals surface area contributed by atoms with Gasteiger partial charge in [0.15, 0.2) is 0 Å². The number of fused-ring (bicyclic) bond motifs is 2. The van der Waals surface area contributed by atoms with Crippen LogP contribution in [-0.4, -0.2) is 53.9 Å². The molecule has 0 radical (unpaired) electrons. The van der Waals surface area contributed by atoms with Gasteiger partial charge in [-0.1, -0.05) is 60.1 Å². The highest BCUT2D eigenvalue weighted by Gasteiger charge is 2.32. The van der Waals surface area contributed by atoms with Crippen LogP contribution in [0.1, 0.15) is 22.0 Å². The summed E-state index contributed by atoms with van der Waals surface area (Å²) in [5.41, 5.74) is 1.90. The summed E-state index contributed by atoms with van der Waals surface area (Å²) in [6, 6.07) is 16.9. The first kappa shape index (κ1) is 30.7. The molecule has 0 unspecified atom stereocenters. The zero-order valence-electron chi connectivity index (χ0n) is 20.1. The van der Waals surface area contributed by atoms with E-state index in [0.29, 0.717) is 22.5 Å². The number of carboxylic acids is 1. The molecule has 0 saturated heterocycles. The molecule has 1 aliphatic rings. The predicted octanol–water partition coefficient (Wildman–Crippen LogP) is 4.09. The van der Waals surface area contributed by atoms with Crippen molar-refractivity contribution >= 4 is 59.9 Å². The summed E-state index contributed by atoms with van der Waals surface area (Å²) in [7, 11) is -9.53. The molecule has 1 aromatic heterocycles. The molecule has 4 aromatic rings. The Bertz CT molecular complexity index is 1720. The van der Waals surface area contributed by atoms with E-state index in [1.54, 1.807) is 35.6 Å². The normalized spacial score (nSPS) is 14.4. The minimum atomic E-state index is -4.78. The molecule has 5 N–H and O–H groups in total. The molecule has 5 rings (SSSR count). The first-order valence-corrected chi connectivity index (χ1v) is 15.2. The third-order valence-electron chi connectivity index (χ3n) is 6.02. The highest BCUT2D eigenvalue weighted by atomic mass is 35.5. The van der Waals surface area contributed by atoms with Crippen molar-refractivity contribution in [2.45, 2.75) is 28.8 Å². The second kappa shape index (κ2) is 12.1. The van der Waals surface area contributed by atoms with Gasteiger partial charge in [0.2, 0.25) is 0 Å². The molecule has 2 heterocycles. The van der Waals surface area contributed by atoms with Crippen molar-refractivity contribution in [2.75, 3.05) is 6.54 Å². The fourth-order valence-electron chi connectivity index (χ4n) is 4.37. The summed E-state index contributed by atoms with van der Waals surface area (Å²) >= 11 is 7.92. The van der Waals surface area contributed by atoms with Gasteiger partial charge < -0.3 is 10.6 Å². The van der Waals surface area contributed by atoms with Crippen molar-refractivity contribution in [1.29, 1.82) is 0 Å². The number of hydrogen-bond donors (Lipinski definition) is 3. The van der Waals surface area contributed by atoms with Crippen LogP contribution in [0.3, 0.4) is 0 Å². The highest BCUT2D eigenvalue weighted by Crippen LogP contribution is 2.33. The molecule has 0 spiro atoms. The lowest BCUT2D eigenvalue weighted by Gasteiger charge is -2.32. The average molecular weight is 614 g/mol. The minimum Gasteiger partial charge on any atom is -0.480 e. The maximum atomic E-state index is 11.7. The molecule has 0 aliphatic carbocycles. The van der Waals surface area contributed by atoms with E-state index in [9.17, 15) is 26.7 Å². The van der Waals surface area contributed by atoms with Crippen LogP contribution in [0.4, 0.5) is 0 Å². The molecule has 0 saturated carbocycles. The van der Waals surface area contributed by atoms with E-state index in [-0.39, 0.29) is 10.9 Å².